The summed E-state index contributed by atoms with van der Waals surface area (Å²) in [6.45, 7) is 2.50. The van der Waals surface area contributed by atoms with Crippen LogP contribution in [0.15, 0.2) is 42.7 Å². The van der Waals surface area contributed by atoms with E-state index in [-0.39, 0.29) is 11.8 Å². The van der Waals surface area contributed by atoms with Crippen LogP contribution >= 0.6 is 0 Å². The molecule has 6 N–H and O–H groups in total. The first-order chi connectivity index (χ1) is 11.5. The minimum absolute atomic E-state index is 0.169. The summed E-state index contributed by atoms with van der Waals surface area (Å²) in [4.78, 5) is 7.20. The lowest BCUT2D eigenvalue weighted by molar-refractivity contribution is 0.170. The maximum Gasteiger partial charge on any atom is 0.123 e. The second-order valence-electron chi connectivity index (χ2n) is 6.09. The Morgan fingerprint density at radius 1 is 1.29 bits per heavy atom. The van der Waals surface area contributed by atoms with Gasteiger partial charge < -0.3 is 26.2 Å². The topological polar surface area (TPSA) is 107 Å². The van der Waals surface area contributed by atoms with E-state index >= 15 is 0 Å². The molecule has 6 heteroatoms. The van der Waals surface area contributed by atoms with Crippen molar-refractivity contribution >= 4 is 16.7 Å². The van der Waals surface area contributed by atoms with Gasteiger partial charge in [-0.1, -0.05) is 6.07 Å². The Kier molecular flexibility index (Phi) is 4.69. The number of aromatic hydroxyl groups is 1. The van der Waals surface area contributed by atoms with E-state index in [4.69, 9.17) is 5.73 Å². The summed E-state index contributed by atoms with van der Waals surface area (Å²) in [6, 6.07) is 8.93. The normalized spacial score (nSPS) is 13.9. The number of fused-ring (bicyclic) bond motifs is 1. The second-order valence-corrected chi connectivity index (χ2v) is 6.09. The molecule has 3 rings (SSSR count). The zero-order valence-electron chi connectivity index (χ0n) is 13.5. The highest BCUT2D eigenvalue weighted by atomic mass is 16.3. The highest BCUT2D eigenvalue weighted by Crippen LogP contribution is 2.24. The van der Waals surface area contributed by atoms with Gasteiger partial charge in [-0.3, -0.25) is 0 Å². The third-order valence-electron chi connectivity index (χ3n) is 4.13. The summed E-state index contributed by atoms with van der Waals surface area (Å²) < 4.78 is 0. The van der Waals surface area contributed by atoms with Crippen LogP contribution in [0, 0.1) is 0 Å². The SMILES string of the molecule is CC(Cc1c[nH]c2ccc(O)cc12)NCC(O)c1ccc(N)nc1. The molecule has 2 atom stereocenters. The third kappa shape index (κ3) is 3.67. The number of anilines is 1. The summed E-state index contributed by atoms with van der Waals surface area (Å²) in [5, 5.41) is 24.2. The number of aromatic amines is 1. The van der Waals surface area contributed by atoms with E-state index in [1.165, 1.54) is 0 Å². The smallest absolute Gasteiger partial charge is 0.123 e. The fraction of sp³-hybridized carbons (Fsp3) is 0.278. The minimum Gasteiger partial charge on any atom is -0.508 e. The Balaban J connectivity index is 1.59. The molecule has 2 aromatic heterocycles. The van der Waals surface area contributed by atoms with E-state index in [0.717, 1.165) is 28.5 Å². The number of rotatable bonds is 6. The number of aliphatic hydroxyl groups is 1. The van der Waals surface area contributed by atoms with Crippen molar-refractivity contribution < 1.29 is 10.2 Å². The monoisotopic (exact) mass is 326 g/mol. The van der Waals surface area contributed by atoms with E-state index in [2.05, 4.69) is 22.2 Å². The number of aliphatic hydroxyl groups excluding tert-OH is 1. The molecule has 0 aliphatic heterocycles. The molecule has 0 saturated carbocycles. The first-order valence-corrected chi connectivity index (χ1v) is 7.95. The van der Waals surface area contributed by atoms with Crippen molar-refractivity contribution in [3.05, 3.63) is 53.9 Å². The Morgan fingerprint density at radius 3 is 2.88 bits per heavy atom. The molecule has 126 valence electrons. The summed E-state index contributed by atoms with van der Waals surface area (Å²) in [5.41, 5.74) is 8.42. The molecule has 0 aliphatic rings. The predicted octanol–water partition coefficient (Wildman–Crippen LogP) is 2.10. The molecule has 2 unspecified atom stereocenters. The van der Waals surface area contributed by atoms with Crippen LogP contribution in [0.1, 0.15) is 24.2 Å². The zero-order chi connectivity index (χ0) is 17.1. The maximum absolute atomic E-state index is 10.2. The first kappa shape index (κ1) is 16.3. The van der Waals surface area contributed by atoms with Crippen molar-refractivity contribution in [3.63, 3.8) is 0 Å². The Morgan fingerprint density at radius 2 is 2.12 bits per heavy atom. The summed E-state index contributed by atoms with van der Waals surface area (Å²) in [6.07, 6.45) is 3.71. The van der Waals surface area contributed by atoms with Gasteiger partial charge in [0.15, 0.2) is 0 Å². The first-order valence-electron chi connectivity index (χ1n) is 7.95. The van der Waals surface area contributed by atoms with Crippen molar-refractivity contribution in [2.75, 3.05) is 12.3 Å². The molecule has 0 saturated heterocycles. The van der Waals surface area contributed by atoms with Gasteiger partial charge in [-0.25, -0.2) is 4.98 Å². The number of nitrogens with one attached hydrogen (secondary N) is 2. The summed E-state index contributed by atoms with van der Waals surface area (Å²) in [5.74, 6) is 0.699. The summed E-state index contributed by atoms with van der Waals surface area (Å²) in [7, 11) is 0. The molecule has 0 spiro atoms. The maximum atomic E-state index is 10.2. The summed E-state index contributed by atoms with van der Waals surface area (Å²) >= 11 is 0. The molecule has 0 fully saturated rings. The average molecular weight is 326 g/mol. The number of nitrogen functional groups attached to an aromatic ring is 1. The van der Waals surface area contributed by atoms with E-state index in [9.17, 15) is 10.2 Å². The van der Waals surface area contributed by atoms with Crippen LogP contribution in [0.3, 0.4) is 0 Å². The lowest BCUT2D eigenvalue weighted by Gasteiger charge is -2.17. The van der Waals surface area contributed by atoms with E-state index in [1.54, 1.807) is 30.5 Å². The van der Waals surface area contributed by atoms with Crippen molar-refractivity contribution in [1.82, 2.24) is 15.3 Å². The van der Waals surface area contributed by atoms with Gasteiger partial charge in [-0.15, -0.1) is 0 Å². The van der Waals surface area contributed by atoms with Gasteiger partial charge in [-0.2, -0.15) is 0 Å². The second kappa shape index (κ2) is 6.90. The van der Waals surface area contributed by atoms with Crippen LogP contribution in [-0.4, -0.2) is 32.8 Å². The van der Waals surface area contributed by atoms with Crippen molar-refractivity contribution in [2.45, 2.75) is 25.5 Å². The van der Waals surface area contributed by atoms with Crippen molar-refractivity contribution in [2.24, 2.45) is 0 Å². The van der Waals surface area contributed by atoms with Crippen LogP contribution in [0.25, 0.3) is 10.9 Å². The molecule has 0 radical (unpaired) electrons. The number of phenolic OH excluding ortho intramolecular Hbond substituents is 1. The van der Waals surface area contributed by atoms with Gasteiger partial charge in [-0.05, 0) is 43.2 Å². The molecular weight excluding hydrogens is 304 g/mol. The molecular formula is C18H22N4O2. The molecule has 1 aromatic carbocycles. The number of hydrogen-bond donors (Lipinski definition) is 5. The van der Waals surface area contributed by atoms with E-state index in [0.29, 0.717) is 12.4 Å². The van der Waals surface area contributed by atoms with Gasteiger partial charge in [0.25, 0.3) is 0 Å². The van der Waals surface area contributed by atoms with Crippen LogP contribution < -0.4 is 11.1 Å². The number of nitrogens with two attached hydrogens (primary N) is 1. The van der Waals surface area contributed by atoms with E-state index < -0.39 is 6.10 Å². The Hall–Kier alpha value is -2.57. The number of aromatic nitrogens is 2. The lowest BCUT2D eigenvalue weighted by atomic mass is 10.1. The fourth-order valence-corrected chi connectivity index (χ4v) is 2.78. The van der Waals surface area contributed by atoms with E-state index in [1.807, 2.05) is 12.3 Å². The van der Waals surface area contributed by atoms with Crippen LogP contribution in [0.2, 0.25) is 0 Å². The molecule has 2 heterocycles. The fourth-order valence-electron chi connectivity index (χ4n) is 2.78. The molecule has 0 amide bonds. The molecule has 0 aliphatic carbocycles. The molecule has 24 heavy (non-hydrogen) atoms. The van der Waals surface area contributed by atoms with Gasteiger partial charge in [0.2, 0.25) is 0 Å². The third-order valence-corrected chi connectivity index (χ3v) is 4.13. The molecule has 3 aromatic rings. The number of phenols is 1. The Bertz CT molecular complexity index is 814. The number of hydrogen-bond acceptors (Lipinski definition) is 5. The van der Waals surface area contributed by atoms with Gasteiger partial charge in [0.1, 0.15) is 11.6 Å². The Labute approximate surface area is 140 Å². The van der Waals surface area contributed by atoms with Gasteiger partial charge in [0, 0.05) is 41.4 Å². The van der Waals surface area contributed by atoms with Crippen LogP contribution in [-0.2, 0) is 6.42 Å². The number of pyridine rings is 1. The largest absolute Gasteiger partial charge is 0.508 e. The quantitative estimate of drug-likeness (QED) is 0.477. The predicted molar refractivity (Wildman–Crippen MR) is 94.7 cm³/mol. The molecule has 0 bridgehead atoms. The standard InChI is InChI=1S/C18H22N4O2/c1-11(20-10-17(24)12-2-5-18(19)22-8-12)6-13-9-21-16-4-3-14(23)7-15(13)16/h2-5,7-9,11,17,20-21,23-24H,6,10H2,1H3,(H2,19,22). The zero-order valence-corrected chi connectivity index (χ0v) is 13.5. The lowest BCUT2D eigenvalue weighted by Crippen LogP contribution is -2.32. The van der Waals surface area contributed by atoms with Crippen LogP contribution in [0.5, 0.6) is 5.75 Å². The molecule has 6 nitrogen and oxygen atoms in total. The van der Waals surface area contributed by atoms with Crippen LogP contribution in [0.4, 0.5) is 5.82 Å². The van der Waals surface area contributed by atoms with Crippen molar-refractivity contribution in [3.8, 4) is 5.75 Å². The average Bonchev–Trinajstić information content (AvgIpc) is 2.95. The highest BCUT2D eigenvalue weighted by molar-refractivity contribution is 5.84. The van der Waals surface area contributed by atoms with Gasteiger partial charge >= 0.3 is 0 Å². The number of benzene rings is 1. The van der Waals surface area contributed by atoms with Crippen molar-refractivity contribution in [1.29, 1.82) is 0 Å². The highest BCUT2D eigenvalue weighted by Gasteiger charge is 2.12. The van der Waals surface area contributed by atoms with Gasteiger partial charge in [0.05, 0.1) is 6.10 Å². The minimum atomic E-state index is -0.632. The number of nitrogens with zero attached hydrogens (tertiary/aromatic N) is 1. The number of H-pyrrole nitrogens is 1.